The third-order valence-corrected chi connectivity index (χ3v) is 3.82. The number of aromatic nitrogens is 3. The molecule has 130 valence electrons. The molecule has 3 rings (SSSR count). The van der Waals surface area contributed by atoms with Crippen molar-refractivity contribution in [1.29, 1.82) is 0 Å². The number of nitrogens with one attached hydrogen (secondary N) is 1. The molecule has 2 heterocycles. The van der Waals surface area contributed by atoms with Gasteiger partial charge in [-0.2, -0.15) is 0 Å². The summed E-state index contributed by atoms with van der Waals surface area (Å²) in [5.41, 5.74) is 1.02. The topological polar surface area (TPSA) is 78.6 Å². The van der Waals surface area contributed by atoms with Crippen molar-refractivity contribution in [3.63, 3.8) is 0 Å². The van der Waals surface area contributed by atoms with Crippen molar-refractivity contribution in [2.45, 2.75) is 26.0 Å². The number of aliphatic hydroxyl groups is 1. The number of guanidine groups is 1. The van der Waals surface area contributed by atoms with Crippen LogP contribution in [0.2, 0.25) is 0 Å². The zero-order valence-corrected chi connectivity index (χ0v) is 16.0. The first-order valence-corrected chi connectivity index (χ1v) is 7.93. The maximum atomic E-state index is 9.71. The molecule has 0 bridgehead atoms. The van der Waals surface area contributed by atoms with E-state index < -0.39 is 0 Å². The second-order valence-electron chi connectivity index (χ2n) is 5.51. The van der Waals surface area contributed by atoms with Crippen molar-refractivity contribution in [2.75, 3.05) is 19.6 Å². The van der Waals surface area contributed by atoms with Crippen LogP contribution in [0.4, 0.5) is 0 Å². The lowest BCUT2D eigenvalue weighted by atomic mass is 10.3. The lowest BCUT2D eigenvalue weighted by Gasteiger charge is -2.20. The van der Waals surface area contributed by atoms with Gasteiger partial charge in [-0.15, -0.1) is 34.2 Å². The van der Waals surface area contributed by atoms with Gasteiger partial charge >= 0.3 is 0 Å². The van der Waals surface area contributed by atoms with Gasteiger partial charge in [0.05, 0.1) is 6.10 Å². The maximum Gasteiger partial charge on any atom is 0.194 e. The van der Waals surface area contributed by atoms with Crippen LogP contribution >= 0.6 is 24.0 Å². The van der Waals surface area contributed by atoms with Gasteiger partial charge in [0, 0.05) is 25.3 Å². The highest BCUT2D eigenvalue weighted by atomic mass is 127. The maximum absolute atomic E-state index is 9.71. The summed E-state index contributed by atoms with van der Waals surface area (Å²) in [6, 6.07) is 9.97. The number of para-hydroxylation sites is 1. The molecule has 2 aromatic rings. The molecular formula is C16H23IN6O. The predicted molar refractivity (Wildman–Crippen MR) is 104 cm³/mol. The molecule has 1 aromatic carbocycles. The summed E-state index contributed by atoms with van der Waals surface area (Å²) < 4.78 is 1.94. The fourth-order valence-electron chi connectivity index (χ4n) is 2.68. The second-order valence-corrected chi connectivity index (χ2v) is 5.51. The molecule has 24 heavy (non-hydrogen) atoms. The zero-order valence-electron chi connectivity index (χ0n) is 13.7. The Morgan fingerprint density at radius 3 is 2.83 bits per heavy atom. The minimum Gasteiger partial charge on any atom is -0.391 e. The Balaban J connectivity index is 0.00000208. The third-order valence-electron chi connectivity index (χ3n) is 3.82. The molecule has 1 saturated heterocycles. The highest BCUT2D eigenvalue weighted by molar-refractivity contribution is 14.0. The van der Waals surface area contributed by atoms with Crippen LogP contribution in [0.25, 0.3) is 5.69 Å². The molecular weight excluding hydrogens is 419 g/mol. The van der Waals surface area contributed by atoms with Crippen LogP contribution < -0.4 is 5.32 Å². The minimum absolute atomic E-state index is 0. The average molecular weight is 442 g/mol. The number of rotatable bonds is 4. The van der Waals surface area contributed by atoms with E-state index in [2.05, 4.69) is 25.4 Å². The van der Waals surface area contributed by atoms with Crippen molar-refractivity contribution in [1.82, 2.24) is 25.0 Å². The molecule has 7 nitrogen and oxygen atoms in total. The van der Waals surface area contributed by atoms with Crippen LogP contribution in [0.3, 0.4) is 0 Å². The predicted octanol–water partition coefficient (Wildman–Crippen LogP) is 1.42. The largest absolute Gasteiger partial charge is 0.391 e. The van der Waals surface area contributed by atoms with Gasteiger partial charge in [-0.25, -0.2) is 4.99 Å². The van der Waals surface area contributed by atoms with Crippen molar-refractivity contribution < 1.29 is 5.11 Å². The molecule has 0 unspecified atom stereocenters. The zero-order chi connectivity index (χ0) is 16.1. The summed E-state index contributed by atoms with van der Waals surface area (Å²) >= 11 is 0. The molecule has 1 aromatic heterocycles. The lowest BCUT2D eigenvalue weighted by Crippen LogP contribution is -2.40. The second kappa shape index (κ2) is 8.97. The van der Waals surface area contributed by atoms with Gasteiger partial charge in [0.15, 0.2) is 11.8 Å². The number of aliphatic hydroxyl groups excluding tert-OH is 1. The van der Waals surface area contributed by atoms with E-state index >= 15 is 0 Å². The van der Waals surface area contributed by atoms with E-state index in [1.807, 2.05) is 41.8 Å². The quantitative estimate of drug-likeness (QED) is 0.426. The highest BCUT2D eigenvalue weighted by Gasteiger charge is 2.22. The van der Waals surface area contributed by atoms with Crippen molar-refractivity contribution in [3.05, 3.63) is 42.5 Å². The molecule has 0 radical (unpaired) electrons. The number of hydrogen-bond donors (Lipinski definition) is 2. The summed E-state index contributed by atoms with van der Waals surface area (Å²) in [6.07, 6.45) is 2.21. The Hall–Kier alpha value is -1.68. The Labute approximate surface area is 158 Å². The smallest absolute Gasteiger partial charge is 0.194 e. The number of aliphatic imine (C=N–C) groups is 1. The summed E-state index contributed by atoms with van der Waals surface area (Å²) in [5.74, 6) is 1.60. The molecule has 0 amide bonds. The van der Waals surface area contributed by atoms with Crippen molar-refractivity contribution in [2.24, 2.45) is 4.99 Å². The van der Waals surface area contributed by atoms with E-state index in [0.29, 0.717) is 13.1 Å². The average Bonchev–Trinajstić information content (AvgIpc) is 3.21. The Morgan fingerprint density at radius 2 is 2.17 bits per heavy atom. The summed E-state index contributed by atoms with van der Waals surface area (Å²) in [6.45, 7) is 4.70. The van der Waals surface area contributed by atoms with Gasteiger partial charge in [0.1, 0.15) is 12.9 Å². The van der Waals surface area contributed by atoms with Gasteiger partial charge in [-0.3, -0.25) is 4.57 Å². The molecule has 0 spiro atoms. The van der Waals surface area contributed by atoms with E-state index in [4.69, 9.17) is 0 Å². The molecule has 0 saturated carbocycles. The molecule has 8 heteroatoms. The first kappa shape index (κ1) is 18.7. The van der Waals surface area contributed by atoms with Gasteiger partial charge in [0.25, 0.3) is 0 Å². The van der Waals surface area contributed by atoms with Crippen LogP contribution in [0.5, 0.6) is 0 Å². The van der Waals surface area contributed by atoms with Gasteiger partial charge < -0.3 is 15.3 Å². The van der Waals surface area contributed by atoms with E-state index in [-0.39, 0.29) is 30.1 Å². The lowest BCUT2D eigenvalue weighted by molar-refractivity contribution is 0.188. The van der Waals surface area contributed by atoms with E-state index in [1.165, 1.54) is 0 Å². The summed E-state index contributed by atoms with van der Waals surface area (Å²) in [5, 5.41) is 21.2. The SMILES string of the molecule is CCNC(=NCc1nncn1-c1ccccc1)N1CC[C@@H](O)C1.I. The van der Waals surface area contributed by atoms with Crippen molar-refractivity contribution >= 4 is 29.9 Å². The molecule has 1 aliphatic rings. The molecule has 1 aliphatic heterocycles. The van der Waals surface area contributed by atoms with Gasteiger partial charge in [-0.1, -0.05) is 18.2 Å². The number of halogens is 1. The monoisotopic (exact) mass is 442 g/mol. The van der Waals surface area contributed by atoms with E-state index in [9.17, 15) is 5.11 Å². The number of hydrogen-bond acceptors (Lipinski definition) is 4. The summed E-state index contributed by atoms with van der Waals surface area (Å²) in [4.78, 5) is 6.74. The normalized spacial score (nSPS) is 17.7. The Kier molecular flexibility index (Phi) is 6.98. The first-order chi connectivity index (χ1) is 11.3. The number of benzene rings is 1. The number of likely N-dealkylation sites (tertiary alicyclic amines) is 1. The van der Waals surface area contributed by atoms with E-state index in [0.717, 1.165) is 37.0 Å². The Morgan fingerprint density at radius 1 is 1.38 bits per heavy atom. The standard InChI is InChI=1S/C16H22N6O.HI/c1-2-17-16(21-9-8-14(23)11-21)18-10-15-20-19-12-22(15)13-6-4-3-5-7-13;/h3-7,12,14,23H,2,8-11H2,1H3,(H,17,18);1H/t14-;/m1./s1. The van der Waals surface area contributed by atoms with Crippen LogP contribution in [-0.4, -0.2) is 56.5 Å². The third kappa shape index (κ3) is 4.44. The van der Waals surface area contributed by atoms with Crippen molar-refractivity contribution in [3.8, 4) is 5.69 Å². The molecule has 0 aliphatic carbocycles. The van der Waals surface area contributed by atoms with Crippen LogP contribution in [0.15, 0.2) is 41.7 Å². The van der Waals surface area contributed by atoms with Crippen LogP contribution in [-0.2, 0) is 6.54 Å². The van der Waals surface area contributed by atoms with Crippen LogP contribution in [0, 0.1) is 0 Å². The Bertz CT molecular complexity index is 660. The molecule has 2 N–H and O–H groups in total. The van der Waals surface area contributed by atoms with Crippen LogP contribution in [0.1, 0.15) is 19.2 Å². The molecule has 1 atom stereocenters. The van der Waals surface area contributed by atoms with Gasteiger partial charge in [0.2, 0.25) is 0 Å². The highest BCUT2D eigenvalue weighted by Crippen LogP contribution is 2.12. The number of nitrogens with zero attached hydrogens (tertiary/aromatic N) is 5. The first-order valence-electron chi connectivity index (χ1n) is 7.93. The van der Waals surface area contributed by atoms with Gasteiger partial charge in [-0.05, 0) is 25.5 Å². The fourth-order valence-corrected chi connectivity index (χ4v) is 2.68. The number of β-amino-alcohol motifs (C(OH)–C–C–N with tert-alkyl or cyclic N) is 1. The fraction of sp³-hybridized carbons (Fsp3) is 0.438. The summed E-state index contributed by atoms with van der Waals surface area (Å²) in [7, 11) is 0. The minimum atomic E-state index is -0.271. The van der Waals surface area contributed by atoms with E-state index in [1.54, 1.807) is 6.33 Å². The molecule has 1 fully saturated rings.